The highest BCUT2D eigenvalue weighted by atomic mass is 32.2. The third-order valence-corrected chi connectivity index (χ3v) is 4.33. The number of hydrogen-bond acceptors (Lipinski definition) is 3. The van der Waals surface area contributed by atoms with Gasteiger partial charge in [0, 0.05) is 11.6 Å². The molecule has 1 atom stereocenters. The lowest BCUT2D eigenvalue weighted by Gasteiger charge is -2.08. The first-order valence-electron chi connectivity index (χ1n) is 6.06. The van der Waals surface area contributed by atoms with Gasteiger partial charge in [0.15, 0.2) is 0 Å². The maximum absolute atomic E-state index is 13.8. The summed E-state index contributed by atoms with van der Waals surface area (Å²) in [5.41, 5.74) is 0.207. The first-order chi connectivity index (χ1) is 10.0. The fourth-order valence-electron chi connectivity index (χ4n) is 1.83. The van der Waals surface area contributed by atoms with Crippen LogP contribution in [0.1, 0.15) is 15.9 Å². The Morgan fingerprint density at radius 2 is 2.00 bits per heavy atom. The summed E-state index contributed by atoms with van der Waals surface area (Å²) < 4.78 is 31.0. The minimum atomic E-state index is -1.65. The van der Waals surface area contributed by atoms with E-state index in [1.165, 1.54) is 31.4 Å². The predicted molar refractivity (Wildman–Crippen MR) is 76.5 cm³/mol. The van der Waals surface area contributed by atoms with Gasteiger partial charge < -0.3 is 9.84 Å². The number of carboxylic acids is 1. The zero-order chi connectivity index (χ0) is 15.4. The van der Waals surface area contributed by atoms with Crippen molar-refractivity contribution in [2.75, 3.05) is 7.11 Å². The molecule has 0 aliphatic heterocycles. The monoisotopic (exact) mass is 308 g/mol. The van der Waals surface area contributed by atoms with Crippen LogP contribution in [0.15, 0.2) is 47.4 Å². The third-order valence-electron chi connectivity index (χ3n) is 2.91. The van der Waals surface area contributed by atoms with Crippen LogP contribution in [0.25, 0.3) is 0 Å². The van der Waals surface area contributed by atoms with Gasteiger partial charge in [-0.3, -0.25) is 4.21 Å². The van der Waals surface area contributed by atoms with Crippen LogP contribution in [0, 0.1) is 5.82 Å². The molecule has 0 bridgehead atoms. The minimum absolute atomic E-state index is 0.0373. The number of hydrogen-bond donors (Lipinski definition) is 1. The molecule has 0 aromatic heterocycles. The molecular formula is C15H13FO4S. The van der Waals surface area contributed by atoms with Gasteiger partial charge in [0.1, 0.15) is 11.6 Å². The zero-order valence-electron chi connectivity index (χ0n) is 11.2. The lowest BCUT2D eigenvalue weighted by atomic mass is 10.2. The van der Waals surface area contributed by atoms with Crippen molar-refractivity contribution in [3.05, 3.63) is 59.4 Å². The zero-order valence-corrected chi connectivity index (χ0v) is 12.0. The lowest BCUT2D eigenvalue weighted by Crippen LogP contribution is -2.06. The van der Waals surface area contributed by atoms with Crippen LogP contribution in [-0.2, 0) is 16.6 Å². The van der Waals surface area contributed by atoms with Crippen molar-refractivity contribution < 1.29 is 23.2 Å². The topological polar surface area (TPSA) is 63.6 Å². The Kier molecular flexibility index (Phi) is 4.70. The Morgan fingerprint density at radius 3 is 2.62 bits per heavy atom. The summed E-state index contributed by atoms with van der Waals surface area (Å²) in [6.45, 7) is 0. The Morgan fingerprint density at radius 1 is 1.29 bits per heavy atom. The van der Waals surface area contributed by atoms with Gasteiger partial charge in [0.2, 0.25) is 0 Å². The number of rotatable bonds is 5. The first-order valence-corrected chi connectivity index (χ1v) is 7.38. The number of benzene rings is 2. The fourth-order valence-corrected chi connectivity index (χ4v) is 3.14. The van der Waals surface area contributed by atoms with Gasteiger partial charge in [-0.1, -0.05) is 18.2 Å². The highest BCUT2D eigenvalue weighted by Crippen LogP contribution is 2.21. The van der Waals surface area contributed by atoms with Gasteiger partial charge in [-0.25, -0.2) is 9.18 Å². The number of carboxylic acid groups (broad SMARTS) is 1. The van der Waals surface area contributed by atoms with Crippen LogP contribution in [0.5, 0.6) is 5.75 Å². The Hall–Kier alpha value is -2.21. The van der Waals surface area contributed by atoms with Crippen LogP contribution in [0.3, 0.4) is 0 Å². The van der Waals surface area contributed by atoms with Gasteiger partial charge in [-0.2, -0.15) is 0 Å². The largest absolute Gasteiger partial charge is 0.497 e. The second-order valence-electron chi connectivity index (χ2n) is 4.25. The predicted octanol–water partition coefficient (Wildman–Crippen LogP) is 2.84. The van der Waals surface area contributed by atoms with Crippen LogP contribution < -0.4 is 4.74 Å². The van der Waals surface area contributed by atoms with Crippen LogP contribution in [0.4, 0.5) is 4.39 Å². The molecule has 1 unspecified atom stereocenters. The fraction of sp³-hybridized carbons (Fsp3) is 0.133. The number of methoxy groups -OCH3 is 1. The van der Waals surface area contributed by atoms with E-state index in [4.69, 9.17) is 9.84 Å². The lowest BCUT2D eigenvalue weighted by molar-refractivity contribution is 0.0693. The minimum Gasteiger partial charge on any atom is -0.497 e. The van der Waals surface area contributed by atoms with Crippen molar-refractivity contribution in [2.45, 2.75) is 10.6 Å². The molecule has 1 N–H and O–H groups in total. The Bertz CT molecular complexity index is 700. The van der Waals surface area contributed by atoms with Crippen molar-refractivity contribution in [1.82, 2.24) is 0 Å². The van der Waals surface area contributed by atoms with E-state index in [1.807, 2.05) is 0 Å². The second-order valence-corrected chi connectivity index (χ2v) is 5.67. The molecule has 0 saturated heterocycles. The summed E-state index contributed by atoms with van der Waals surface area (Å²) in [5.74, 6) is -1.42. The second kappa shape index (κ2) is 6.49. The normalized spacial score (nSPS) is 11.9. The summed E-state index contributed by atoms with van der Waals surface area (Å²) in [6.07, 6.45) is 0. The maximum Gasteiger partial charge on any atom is 0.336 e. The number of halogens is 1. The molecule has 0 amide bonds. The van der Waals surface area contributed by atoms with Crippen LogP contribution in [0.2, 0.25) is 0 Å². The van der Waals surface area contributed by atoms with Crippen molar-refractivity contribution in [3.8, 4) is 5.75 Å². The summed E-state index contributed by atoms with van der Waals surface area (Å²) in [5, 5.41) is 9.08. The molecule has 0 spiro atoms. The maximum atomic E-state index is 13.8. The van der Waals surface area contributed by atoms with Gasteiger partial charge >= 0.3 is 5.97 Å². The van der Waals surface area contributed by atoms with E-state index in [-0.39, 0.29) is 21.8 Å². The van der Waals surface area contributed by atoms with Crippen LogP contribution in [-0.4, -0.2) is 22.4 Å². The van der Waals surface area contributed by atoms with Crippen molar-refractivity contribution in [2.24, 2.45) is 0 Å². The van der Waals surface area contributed by atoms with Gasteiger partial charge in [0.25, 0.3) is 0 Å². The summed E-state index contributed by atoms with van der Waals surface area (Å²) in [7, 11) is -0.221. The smallest absolute Gasteiger partial charge is 0.336 e. The molecule has 4 nitrogen and oxygen atoms in total. The van der Waals surface area contributed by atoms with Gasteiger partial charge in [-0.15, -0.1) is 0 Å². The molecule has 110 valence electrons. The van der Waals surface area contributed by atoms with Crippen molar-refractivity contribution >= 4 is 16.8 Å². The molecule has 2 aromatic rings. The summed E-state index contributed by atoms with van der Waals surface area (Å²) >= 11 is 0. The Balaban J connectivity index is 2.28. The number of ether oxygens (including phenoxy) is 1. The van der Waals surface area contributed by atoms with E-state index in [2.05, 4.69) is 0 Å². The average Bonchev–Trinajstić information content (AvgIpc) is 2.49. The number of aromatic carboxylic acids is 1. The van der Waals surface area contributed by atoms with Gasteiger partial charge in [-0.05, 0) is 18.2 Å². The standard InChI is InChI=1S/C15H13FO4S/c1-20-11-7-6-10(13(16)8-11)9-21(19)14-5-3-2-4-12(14)15(17)18/h2-8H,9H2,1H3,(H,17,18). The highest BCUT2D eigenvalue weighted by molar-refractivity contribution is 7.84. The molecule has 21 heavy (non-hydrogen) atoms. The molecule has 0 aliphatic carbocycles. The molecule has 2 aromatic carbocycles. The average molecular weight is 308 g/mol. The van der Waals surface area contributed by atoms with Crippen molar-refractivity contribution in [1.29, 1.82) is 0 Å². The molecule has 0 heterocycles. The van der Waals surface area contributed by atoms with Gasteiger partial charge in [0.05, 0.1) is 34.1 Å². The molecule has 0 radical (unpaired) electrons. The third kappa shape index (κ3) is 3.46. The number of carbonyl (C=O) groups is 1. The van der Waals surface area contributed by atoms with E-state index >= 15 is 0 Å². The van der Waals surface area contributed by atoms with E-state index < -0.39 is 22.6 Å². The summed E-state index contributed by atoms with van der Waals surface area (Å²) in [6, 6.07) is 10.3. The molecular weight excluding hydrogens is 295 g/mol. The first kappa shape index (κ1) is 15.2. The summed E-state index contributed by atoms with van der Waals surface area (Å²) in [4.78, 5) is 11.3. The van der Waals surface area contributed by atoms with Crippen molar-refractivity contribution in [3.63, 3.8) is 0 Å². The highest BCUT2D eigenvalue weighted by Gasteiger charge is 2.16. The van der Waals surface area contributed by atoms with E-state index in [0.29, 0.717) is 5.75 Å². The molecule has 2 rings (SSSR count). The molecule has 0 fully saturated rings. The van der Waals surface area contributed by atoms with E-state index in [0.717, 1.165) is 0 Å². The quantitative estimate of drug-likeness (QED) is 0.922. The van der Waals surface area contributed by atoms with E-state index in [1.54, 1.807) is 18.2 Å². The van der Waals surface area contributed by atoms with Crippen LogP contribution >= 0.6 is 0 Å². The SMILES string of the molecule is COc1ccc(CS(=O)c2ccccc2C(=O)O)c(F)c1. The Labute approximate surface area is 123 Å². The molecule has 0 aliphatic rings. The molecule has 0 saturated carbocycles. The molecule has 6 heteroatoms. The van der Waals surface area contributed by atoms with E-state index in [9.17, 15) is 13.4 Å².